The van der Waals surface area contributed by atoms with Crippen molar-refractivity contribution >= 4 is 17.7 Å². The van der Waals surface area contributed by atoms with Crippen LogP contribution in [0.2, 0.25) is 0 Å². The van der Waals surface area contributed by atoms with Crippen molar-refractivity contribution in [3.8, 4) is 0 Å². The first-order valence-corrected chi connectivity index (χ1v) is 9.81. The number of ketones is 1. The number of fused-ring (bicyclic) bond motifs is 1. The fraction of sp³-hybridized carbons (Fsp3) is 0.571. The molecule has 0 aromatic heterocycles. The second kappa shape index (κ2) is 8.29. The molecular weight excluding hydrogens is 412 g/mol. The van der Waals surface area contributed by atoms with Gasteiger partial charge in [0.2, 0.25) is 6.29 Å². The van der Waals surface area contributed by atoms with E-state index < -0.39 is 48.1 Å². The lowest BCUT2D eigenvalue weighted by molar-refractivity contribution is -0.286. The number of carboxylic acids is 1. The Bertz CT molecular complexity index is 925. The van der Waals surface area contributed by atoms with Crippen LogP contribution in [-0.2, 0) is 31.9 Å². The van der Waals surface area contributed by atoms with Crippen LogP contribution in [0.5, 0.6) is 0 Å². The largest absolute Gasteiger partial charge is 0.479 e. The number of hydrogen-bond acceptors (Lipinski definition) is 9. The van der Waals surface area contributed by atoms with E-state index in [4.69, 9.17) is 14.6 Å². The summed E-state index contributed by atoms with van der Waals surface area (Å²) in [6.07, 6.45) is -9.20. The van der Waals surface area contributed by atoms with Gasteiger partial charge < -0.3 is 35.0 Å². The molecule has 1 aromatic carbocycles. The molecule has 1 aromatic rings. The van der Waals surface area contributed by atoms with E-state index in [0.717, 1.165) is 11.1 Å². The molecule has 170 valence electrons. The zero-order valence-electron chi connectivity index (χ0n) is 17.4. The van der Waals surface area contributed by atoms with E-state index in [2.05, 4.69) is 0 Å². The normalized spacial score (nSPS) is 32.6. The smallest absolute Gasteiger partial charge is 0.335 e. The van der Waals surface area contributed by atoms with Crippen molar-refractivity contribution in [3.63, 3.8) is 0 Å². The molecule has 3 rings (SSSR count). The van der Waals surface area contributed by atoms with Crippen LogP contribution in [0, 0.1) is 19.3 Å². The van der Waals surface area contributed by atoms with E-state index in [0.29, 0.717) is 23.1 Å². The van der Waals surface area contributed by atoms with Crippen molar-refractivity contribution in [2.75, 3.05) is 6.61 Å². The second-order valence-electron chi connectivity index (χ2n) is 8.46. The minimum absolute atomic E-state index is 0.204. The zero-order chi connectivity index (χ0) is 23.2. The molecule has 31 heavy (non-hydrogen) atoms. The number of aryl methyl sites for hydroxylation is 1. The molecular formula is C21H26O10. The lowest BCUT2D eigenvalue weighted by Crippen LogP contribution is -2.60. The summed E-state index contributed by atoms with van der Waals surface area (Å²) in [7, 11) is 0. The number of aliphatic hydroxyl groups excluding tert-OH is 4. The highest BCUT2D eigenvalue weighted by Gasteiger charge is 2.48. The molecule has 6 atom stereocenters. The summed E-state index contributed by atoms with van der Waals surface area (Å²) in [5, 5.41) is 48.3. The molecule has 1 aliphatic heterocycles. The maximum absolute atomic E-state index is 12.8. The van der Waals surface area contributed by atoms with E-state index in [1.54, 1.807) is 26.8 Å². The minimum atomic E-state index is -1.89. The van der Waals surface area contributed by atoms with Gasteiger partial charge in [0.25, 0.3) is 0 Å². The Labute approximate surface area is 178 Å². The quantitative estimate of drug-likeness (QED) is 0.360. The van der Waals surface area contributed by atoms with Crippen molar-refractivity contribution < 1.29 is 49.4 Å². The van der Waals surface area contributed by atoms with Crippen molar-refractivity contribution in [1.82, 2.24) is 0 Å². The predicted molar refractivity (Wildman–Crippen MR) is 103 cm³/mol. The predicted octanol–water partition coefficient (Wildman–Crippen LogP) is -0.981. The van der Waals surface area contributed by atoms with Crippen molar-refractivity contribution in [3.05, 3.63) is 33.9 Å². The Morgan fingerprint density at radius 2 is 1.84 bits per heavy atom. The Hall–Kier alpha value is -2.37. The van der Waals surface area contributed by atoms with Gasteiger partial charge in [0.1, 0.15) is 18.3 Å². The highest BCUT2D eigenvalue weighted by Crippen LogP contribution is 2.40. The van der Waals surface area contributed by atoms with Gasteiger partial charge in [-0.2, -0.15) is 0 Å². The van der Waals surface area contributed by atoms with Crippen LogP contribution in [0.3, 0.4) is 0 Å². The number of carbonyl (C=O) groups is 3. The Kier molecular flexibility index (Phi) is 6.23. The first-order valence-electron chi connectivity index (χ1n) is 9.81. The van der Waals surface area contributed by atoms with E-state index >= 15 is 0 Å². The SMILES string of the molecule is Cc1cc2c(c(C)c1CC(=O)O[C@@H]1O[C@H](C(=O)O)[C@@H](O)[C@H](O)[C@H]1O)C(=O)[C@](C)(CO)C2. The van der Waals surface area contributed by atoms with Crippen LogP contribution in [-0.4, -0.2) is 80.6 Å². The van der Waals surface area contributed by atoms with Gasteiger partial charge in [0.05, 0.1) is 18.4 Å². The van der Waals surface area contributed by atoms with Crippen LogP contribution >= 0.6 is 0 Å². The summed E-state index contributed by atoms with van der Waals surface area (Å²) in [5.74, 6) is -2.67. The standard InChI is InChI=1S/C21H26O10/c1-8-4-10-6-21(3,7-22)18(27)13(10)9(2)11(8)5-12(23)30-20-16(26)14(24)15(25)17(31-20)19(28)29/h4,14-17,20,22,24-26H,5-7H2,1-3H3,(H,28,29)/t14-,15-,16+,17-,20+,21-/m0/s1. The first kappa shape index (κ1) is 23.3. The fourth-order valence-electron chi connectivity index (χ4n) is 4.23. The molecule has 1 fully saturated rings. The molecule has 0 spiro atoms. The summed E-state index contributed by atoms with van der Waals surface area (Å²) < 4.78 is 10.0. The average molecular weight is 438 g/mol. The maximum Gasteiger partial charge on any atom is 0.335 e. The molecule has 1 heterocycles. The fourth-order valence-corrected chi connectivity index (χ4v) is 4.23. The van der Waals surface area contributed by atoms with Crippen LogP contribution in [0.4, 0.5) is 0 Å². The lowest BCUT2D eigenvalue weighted by atomic mass is 9.86. The van der Waals surface area contributed by atoms with E-state index in [1.165, 1.54) is 0 Å². The van der Waals surface area contributed by atoms with Gasteiger partial charge in [-0.05, 0) is 49.4 Å². The first-order chi connectivity index (χ1) is 14.4. The van der Waals surface area contributed by atoms with Crippen LogP contribution in [0.15, 0.2) is 6.07 Å². The maximum atomic E-state index is 12.8. The average Bonchev–Trinajstić information content (AvgIpc) is 2.95. The zero-order valence-corrected chi connectivity index (χ0v) is 17.4. The lowest BCUT2D eigenvalue weighted by Gasteiger charge is -2.38. The molecule has 0 radical (unpaired) electrons. The van der Waals surface area contributed by atoms with Crippen molar-refractivity contribution in [2.45, 2.75) is 64.3 Å². The topological polar surface area (TPSA) is 171 Å². The highest BCUT2D eigenvalue weighted by atomic mass is 16.7. The van der Waals surface area contributed by atoms with E-state index in [1.807, 2.05) is 0 Å². The number of rotatable bonds is 5. The molecule has 10 nitrogen and oxygen atoms in total. The minimum Gasteiger partial charge on any atom is -0.479 e. The number of carboxylic acid groups (broad SMARTS) is 1. The third kappa shape index (κ3) is 3.97. The molecule has 0 unspecified atom stereocenters. The van der Waals surface area contributed by atoms with Gasteiger partial charge >= 0.3 is 11.9 Å². The Morgan fingerprint density at radius 1 is 1.19 bits per heavy atom. The van der Waals surface area contributed by atoms with Crippen molar-refractivity contribution in [2.24, 2.45) is 5.41 Å². The summed E-state index contributed by atoms with van der Waals surface area (Å²) >= 11 is 0. The van der Waals surface area contributed by atoms with Gasteiger partial charge in [-0.3, -0.25) is 9.59 Å². The molecule has 1 aliphatic carbocycles. The summed E-state index contributed by atoms with van der Waals surface area (Å²) in [5.41, 5.74) is 2.18. The molecule has 10 heteroatoms. The number of ether oxygens (including phenoxy) is 2. The van der Waals surface area contributed by atoms with Gasteiger partial charge in [0.15, 0.2) is 11.9 Å². The molecule has 0 amide bonds. The molecule has 0 saturated carbocycles. The number of aliphatic hydroxyl groups is 4. The third-order valence-corrected chi connectivity index (χ3v) is 6.10. The number of benzene rings is 1. The van der Waals surface area contributed by atoms with Crippen molar-refractivity contribution in [1.29, 1.82) is 0 Å². The van der Waals surface area contributed by atoms with Crippen LogP contribution < -0.4 is 0 Å². The summed E-state index contributed by atoms with van der Waals surface area (Å²) in [4.78, 5) is 36.5. The monoisotopic (exact) mass is 438 g/mol. The number of Topliss-reactive ketones (excluding diaryl/α,β-unsaturated/α-hetero) is 1. The number of carbonyl (C=O) groups excluding carboxylic acids is 2. The second-order valence-corrected chi connectivity index (χ2v) is 8.46. The highest BCUT2D eigenvalue weighted by molar-refractivity contribution is 6.06. The van der Waals surface area contributed by atoms with Gasteiger partial charge in [-0.1, -0.05) is 6.07 Å². The molecule has 1 saturated heterocycles. The summed E-state index contributed by atoms with van der Waals surface area (Å²) in [6, 6.07) is 1.79. The van der Waals surface area contributed by atoms with Crippen LogP contribution in [0.1, 0.15) is 39.5 Å². The van der Waals surface area contributed by atoms with Gasteiger partial charge in [0, 0.05) is 5.56 Å². The number of hydrogen-bond donors (Lipinski definition) is 5. The van der Waals surface area contributed by atoms with Gasteiger partial charge in [-0.15, -0.1) is 0 Å². The third-order valence-electron chi connectivity index (χ3n) is 6.10. The van der Waals surface area contributed by atoms with Gasteiger partial charge in [-0.25, -0.2) is 4.79 Å². The Morgan fingerprint density at radius 3 is 2.42 bits per heavy atom. The summed E-state index contributed by atoms with van der Waals surface area (Å²) in [6.45, 7) is 4.84. The Balaban J connectivity index is 1.81. The molecule has 2 aliphatic rings. The van der Waals surface area contributed by atoms with E-state index in [-0.39, 0.29) is 18.8 Å². The molecule has 0 bridgehead atoms. The van der Waals surface area contributed by atoms with E-state index in [9.17, 15) is 34.8 Å². The van der Waals surface area contributed by atoms with Crippen LogP contribution in [0.25, 0.3) is 0 Å². The molecule has 5 N–H and O–H groups in total. The number of esters is 1. The number of aliphatic carboxylic acids is 1.